The van der Waals surface area contributed by atoms with Gasteiger partial charge >= 0.3 is 0 Å². The van der Waals surface area contributed by atoms with E-state index < -0.39 is 0 Å². The summed E-state index contributed by atoms with van der Waals surface area (Å²) in [7, 11) is 0. The third-order valence-corrected chi connectivity index (χ3v) is 4.17. The molecule has 2 N–H and O–H groups in total. The zero-order valence-corrected chi connectivity index (χ0v) is 16.1. The fourth-order valence-corrected chi connectivity index (χ4v) is 2.85. The summed E-state index contributed by atoms with van der Waals surface area (Å²) in [6.45, 7) is 7.01. The molecule has 0 fully saturated rings. The summed E-state index contributed by atoms with van der Waals surface area (Å²) in [6.07, 6.45) is 0.164. The van der Waals surface area contributed by atoms with Crippen LogP contribution in [0, 0.1) is 13.8 Å². The molecule has 2 aromatic rings. The van der Waals surface area contributed by atoms with Gasteiger partial charge in [-0.15, -0.1) is 0 Å². The quantitative estimate of drug-likeness (QED) is 0.818. The molecule has 0 aliphatic rings. The molecule has 2 aromatic carbocycles. The van der Waals surface area contributed by atoms with Crippen LogP contribution >= 0.6 is 0 Å². The number of aryl methyl sites for hydroxylation is 2. The minimum Gasteiger partial charge on any atom is -0.326 e. The van der Waals surface area contributed by atoms with Gasteiger partial charge in [-0.25, -0.2) is 0 Å². The number of nitrogens with zero attached hydrogens (tertiary/aromatic N) is 1. The molecule has 0 aromatic heterocycles. The normalized spacial score (nSPS) is 10.2. The Balaban J connectivity index is 2.07. The van der Waals surface area contributed by atoms with Crippen molar-refractivity contribution in [1.82, 2.24) is 0 Å². The van der Waals surface area contributed by atoms with Crippen LogP contribution in [0.3, 0.4) is 0 Å². The van der Waals surface area contributed by atoms with E-state index in [9.17, 15) is 14.4 Å². The number of hydrogen-bond acceptors (Lipinski definition) is 3. The Morgan fingerprint density at radius 3 is 2.15 bits per heavy atom. The van der Waals surface area contributed by atoms with E-state index in [1.807, 2.05) is 32.0 Å². The molecule has 0 atom stereocenters. The monoisotopic (exact) mass is 367 g/mol. The topological polar surface area (TPSA) is 78.5 Å². The van der Waals surface area contributed by atoms with E-state index in [1.165, 1.54) is 18.7 Å². The number of hydrogen-bond donors (Lipinski definition) is 2. The largest absolute Gasteiger partial charge is 0.326 e. The van der Waals surface area contributed by atoms with Crippen molar-refractivity contribution in [2.24, 2.45) is 0 Å². The number of nitrogens with one attached hydrogen (secondary N) is 2. The lowest BCUT2D eigenvalue weighted by Gasteiger charge is -2.22. The van der Waals surface area contributed by atoms with Crippen LogP contribution in [0.4, 0.5) is 17.1 Å². The van der Waals surface area contributed by atoms with E-state index in [4.69, 9.17) is 0 Å². The third-order valence-electron chi connectivity index (χ3n) is 4.17. The summed E-state index contributed by atoms with van der Waals surface area (Å²) in [5.74, 6) is -0.513. The van der Waals surface area contributed by atoms with Crippen LogP contribution in [-0.4, -0.2) is 24.3 Å². The molecule has 27 heavy (non-hydrogen) atoms. The minimum absolute atomic E-state index is 0.156. The van der Waals surface area contributed by atoms with Crippen molar-refractivity contribution in [3.63, 3.8) is 0 Å². The lowest BCUT2D eigenvalue weighted by atomic mass is 10.1. The van der Waals surface area contributed by atoms with Crippen LogP contribution in [0.2, 0.25) is 0 Å². The maximum absolute atomic E-state index is 12.4. The second-order valence-corrected chi connectivity index (χ2v) is 6.47. The molecule has 0 aliphatic carbocycles. The highest BCUT2D eigenvalue weighted by atomic mass is 16.2. The van der Waals surface area contributed by atoms with Gasteiger partial charge in [0.2, 0.25) is 17.7 Å². The zero-order chi connectivity index (χ0) is 20.0. The van der Waals surface area contributed by atoms with Gasteiger partial charge in [0.25, 0.3) is 0 Å². The summed E-state index contributed by atoms with van der Waals surface area (Å²) >= 11 is 0. The Morgan fingerprint density at radius 2 is 1.56 bits per heavy atom. The second kappa shape index (κ2) is 8.98. The molecule has 0 aliphatic heterocycles. The van der Waals surface area contributed by atoms with Gasteiger partial charge in [-0.3, -0.25) is 14.4 Å². The number of para-hydroxylation sites is 1. The highest BCUT2D eigenvalue weighted by Gasteiger charge is 2.15. The van der Waals surface area contributed by atoms with Crippen LogP contribution in [0.25, 0.3) is 0 Å². The number of rotatable bonds is 6. The molecule has 0 spiro atoms. The first-order valence-corrected chi connectivity index (χ1v) is 8.79. The average Bonchev–Trinajstić information content (AvgIpc) is 2.58. The van der Waals surface area contributed by atoms with Crippen LogP contribution in [0.5, 0.6) is 0 Å². The van der Waals surface area contributed by atoms with E-state index in [2.05, 4.69) is 10.6 Å². The highest BCUT2D eigenvalue weighted by molar-refractivity contribution is 5.96. The zero-order valence-electron chi connectivity index (χ0n) is 16.1. The van der Waals surface area contributed by atoms with Crippen LogP contribution in [0.15, 0.2) is 42.5 Å². The minimum atomic E-state index is -0.186. The van der Waals surface area contributed by atoms with Crippen molar-refractivity contribution in [1.29, 1.82) is 0 Å². The maximum Gasteiger partial charge on any atom is 0.226 e. The van der Waals surface area contributed by atoms with Crippen molar-refractivity contribution in [3.05, 3.63) is 53.6 Å². The van der Waals surface area contributed by atoms with Crippen molar-refractivity contribution >= 4 is 34.8 Å². The number of benzene rings is 2. The van der Waals surface area contributed by atoms with Crippen molar-refractivity contribution in [2.45, 2.75) is 34.1 Å². The van der Waals surface area contributed by atoms with Gasteiger partial charge in [0.05, 0.1) is 0 Å². The lowest BCUT2D eigenvalue weighted by Crippen LogP contribution is -2.32. The van der Waals surface area contributed by atoms with Gasteiger partial charge in [0.15, 0.2) is 0 Å². The van der Waals surface area contributed by atoms with E-state index in [0.29, 0.717) is 11.4 Å². The summed E-state index contributed by atoms with van der Waals surface area (Å²) in [5, 5.41) is 5.62. The van der Waals surface area contributed by atoms with Gasteiger partial charge in [0, 0.05) is 43.9 Å². The molecule has 6 heteroatoms. The smallest absolute Gasteiger partial charge is 0.226 e. The molecule has 0 radical (unpaired) electrons. The molecular formula is C21H25N3O3. The van der Waals surface area contributed by atoms with Crippen molar-refractivity contribution in [3.8, 4) is 0 Å². The third kappa shape index (κ3) is 5.67. The van der Waals surface area contributed by atoms with Crippen molar-refractivity contribution in [2.75, 3.05) is 22.1 Å². The number of carbonyl (C=O) groups excluding carboxylic acids is 3. The predicted molar refractivity (Wildman–Crippen MR) is 108 cm³/mol. The second-order valence-electron chi connectivity index (χ2n) is 6.47. The molecule has 6 nitrogen and oxygen atoms in total. The SMILES string of the molecule is CC(=O)Nc1cccc(N(CCC(=O)Nc2c(C)cccc2C)C(C)=O)c1. The Morgan fingerprint density at radius 1 is 0.926 bits per heavy atom. The first-order chi connectivity index (χ1) is 12.8. The predicted octanol–water partition coefficient (Wildman–Crippen LogP) is 3.64. The van der Waals surface area contributed by atoms with E-state index in [-0.39, 0.29) is 30.7 Å². The van der Waals surface area contributed by atoms with Crippen molar-refractivity contribution < 1.29 is 14.4 Å². The molecule has 3 amide bonds. The standard InChI is InChI=1S/C21H25N3O3/c1-14-7-5-8-15(2)21(14)23-20(27)11-12-24(17(4)26)19-10-6-9-18(13-19)22-16(3)25/h5-10,13H,11-12H2,1-4H3,(H,22,25)(H,23,27). The van der Waals surface area contributed by atoms with Crippen LogP contribution in [0.1, 0.15) is 31.4 Å². The van der Waals surface area contributed by atoms with Gasteiger partial charge in [-0.1, -0.05) is 24.3 Å². The van der Waals surface area contributed by atoms with Gasteiger partial charge in [0.1, 0.15) is 0 Å². The summed E-state index contributed by atoms with van der Waals surface area (Å²) in [5.41, 5.74) is 4.04. The van der Waals surface area contributed by atoms with Crippen LogP contribution < -0.4 is 15.5 Å². The maximum atomic E-state index is 12.4. The van der Waals surface area contributed by atoms with Gasteiger partial charge < -0.3 is 15.5 Å². The molecule has 0 unspecified atom stereocenters. The Kier molecular flexibility index (Phi) is 6.71. The Labute approximate surface area is 159 Å². The lowest BCUT2D eigenvalue weighted by molar-refractivity contribution is -0.117. The number of carbonyl (C=O) groups is 3. The summed E-state index contributed by atoms with van der Waals surface area (Å²) in [6, 6.07) is 12.8. The molecule has 0 saturated carbocycles. The average molecular weight is 367 g/mol. The molecule has 2 rings (SSSR count). The van der Waals surface area contributed by atoms with Crippen LogP contribution in [-0.2, 0) is 14.4 Å². The van der Waals surface area contributed by atoms with E-state index in [1.54, 1.807) is 24.3 Å². The summed E-state index contributed by atoms with van der Waals surface area (Å²) in [4.78, 5) is 37.2. The Hall–Kier alpha value is -3.15. The molecule has 0 saturated heterocycles. The Bertz CT molecular complexity index is 841. The first kappa shape index (κ1) is 20.2. The first-order valence-electron chi connectivity index (χ1n) is 8.79. The fraction of sp³-hybridized carbons (Fsp3) is 0.286. The van der Waals surface area contributed by atoms with Gasteiger partial charge in [-0.2, -0.15) is 0 Å². The van der Waals surface area contributed by atoms with Gasteiger partial charge in [-0.05, 0) is 43.2 Å². The van der Waals surface area contributed by atoms with E-state index >= 15 is 0 Å². The molecule has 142 valence electrons. The summed E-state index contributed by atoms with van der Waals surface area (Å²) < 4.78 is 0. The van der Waals surface area contributed by atoms with E-state index in [0.717, 1.165) is 16.8 Å². The molecular weight excluding hydrogens is 342 g/mol. The fourth-order valence-electron chi connectivity index (χ4n) is 2.85. The number of anilines is 3. The highest BCUT2D eigenvalue weighted by Crippen LogP contribution is 2.22. The molecule has 0 bridgehead atoms. The number of amides is 3. The molecule has 0 heterocycles.